The first-order valence-electron chi connectivity index (χ1n) is 10.9. The van der Waals surface area contributed by atoms with Crippen molar-refractivity contribution < 1.29 is 9.18 Å². The average Bonchev–Trinajstić information content (AvgIpc) is 2.72. The molecule has 0 bridgehead atoms. The quantitative estimate of drug-likeness (QED) is 0.642. The van der Waals surface area contributed by atoms with Gasteiger partial charge in [0.2, 0.25) is 0 Å². The van der Waals surface area contributed by atoms with Gasteiger partial charge in [0, 0.05) is 37.0 Å². The van der Waals surface area contributed by atoms with Gasteiger partial charge in [0.15, 0.2) is 0 Å². The maximum Gasteiger partial charge on any atom is 0.272 e. The highest BCUT2D eigenvalue weighted by Crippen LogP contribution is 2.23. The van der Waals surface area contributed by atoms with E-state index < -0.39 is 5.82 Å². The molecule has 32 heavy (non-hydrogen) atoms. The number of rotatable bonds is 5. The van der Waals surface area contributed by atoms with E-state index in [0.29, 0.717) is 36.6 Å². The molecular weight excluding hydrogens is 407 g/mol. The van der Waals surface area contributed by atoms with Crippen LogP contribution in [0.3, 0.4) is 0 Å². The maximum absolute atomic E-state index is 14.5. The number of aromatic amines is 1. The van der Waals surface area contributed by atoms with E-state index in [1.165, 1.54) is 6.07 Å². The van der Waals surface area contributed by atoms with E-state index in [2.05, 4.69) is 43.2 Å². The van der Waals surface area contributed by atoms with Crippen molar-refractivity contribution in [3.63, 3.8) is 0 Å². The molecular formula is C25H29FN4O2. The zero-order valence-corrected chi connectivity index (χ0v) is 18.9. The molecule has 0 saturated carbocycles. The molecule has 3 aromatic rings. The molecule has 2 heterocycles. The zero-order valence-electron chi connectivity index (χ0n) is 18.9. The summed E-state index contributed by atoms with van der Waals surface area (Å²) in [6.45, 7) is 9.79. The molecule has 0 unspecified atom stereocenters. The van der Waals surface area contributed by atoms with Crippen molar-refractivity contribution in [2.24, 2.45) is 5.41 Å². The van der Waals surface area contributed by atoms with E-state index in [1.807, 2.05) is 12.1 Å². The van der Waals surface area contributed by atoms with Crippen LogP contribution in [0.5, 0.6) is 0 Å². The minimum absolute atomic E-state index is 0.0681. The van der Waals surface area contributed by atoms with Crippen LogP contribution in [-0.2, 0) is 6.42 Å². The molecule has 0 aliphatic carbocycles. The van der Waals surface area contributed by atoms with Crippen molar-refractivity contribution in [3.8, 4) is 0 Å². The highest BCUT2D eigenvalue weighted by Gasteiger charge is 2.34. The summed E-state index contributed by atoms with van der Waals surface area (Å²) in [7, 11) is 0. The van der Waals surface area contributed by atoms with Gasteiger partial charge in [-0.15, -0.1) is 0 Å². The molecule has 0 spiro atoms. The fourth-order valence-corrected chi connectivity index (χ4v) is 3.87. The standard InChI is InChI=1S/C25H29FN4O2/c1-15(25(2,3)4)27-17-13-30(14-17)24(32)20-11-16(9-10-21(20)26)12-22-18-7-5-6-8-19(18)23(31)29-28-22/h5-11,15,17,27H,12-14H2,1-4H3,(H,29,31)/t15-/m0/s1. The predicted octanol–water partition coefficient (Wildman–Crippen LogP) is 3.50. The van der Waals surface area contributed by atoms with Crippen LogP contribution >= 0.6 is 0 Å². The summed E-state index contributed by atoms with van der Waals surface area (Å²) in [5, 5.41) is 11.6. The Labute approximate surface area is 186 Å². The number of likely N-dealkylation sites (tertiary alicyclic amines) is 1. The molecule has 2 N–H and O–H groups in total. The minimum Gasteiger partial charge on any atom is -0.335 e. The van der Waals surface area contributed by atoms with Gasteiger partial charge in [0.25, 0.3) is 11.5 Å². The smallest absolute Gasteiger partial charge is 0.272 e. The van der Waals surface area contributed by atoms with Gasteiger partial charge in [-0.2, -0.15) is 5.10 Å². The third kappa shape index (κ3) is 4.43. The Morgan fingerprint density at radius 2 is 1.91 bits per heavy atom. The number of halogens is 1. The maximum atomic E-state index is 14.5. The molecule has 1 aliphatic heterocycles. The topological polar surface area (TPSA) is 78.1 Å². The van der Waals surface area contributed by atoms with Crippen LogP contribution in [0.1, 0.15) is 49.3 Å². The summed E-state index contributed by atoms with van der Waals surface area (Å²) in [5.74, 6) is -0.831. The highest BCUT2D eigenvalue weighted by atomic mass is 19.1. The molecule has 4 rings (SSSR count). The lowest BCUT2D eigenvalue weighted by Crippen LogP contribution is -2.62. The van der Waals surface area contributed by atoms with Gasteiger partial charge < -0.3 is 10.2 Å². The van der Waals surface area contributed by atoms with Gasteiger partial charge in [-0.3, -0.25) is 9.59 Å². The first-order chi connectivity index (χ1) is 15.1. The Morgan fingerprint density at radius 3 is 2.59 bits per heavy atom. The number of H-pyrrole nitrogens is 1. The lowest BCUT2D eigenvalue weighted by molar-refractivity contribution is 0.0525. The lowest BCUT2D eigenvalue weighted by Gasteiger charge is -2.43. The monoisotopic (exact) mass is 436 g/mol. The number of aromatic nitrogens is 2. The summed E-state index contributed by atoms with van der Waals surface area (Å²) in [5.41, 5.74) is 1.38. The van der Waals surface area contributed by atoms with Gasteiger partial charge in [-0.25, -0.2) is 9.49 Å². The molecule has 1 aliphatic rings. The van der Waals surface area contributed by atoms with Crippen molar-refractivity contribution >= 4 is 16.7 Å². The summed E-state index contributed by atoms with van der Waals surface area (Å²) >= 11 is 0. The van der Waals surface area contributed by atoms with Crippen molar-refractivity contribution in [3.05, 3.63) is 75.5 Å². The number of carbonyl (C=O) groups excluding carboxylic acids is 1. The third-order valence-electron chi connectivity index (χ3n) is 6.36. The second-order valence-electron chi connectivity index (χ2n) is 9.70. The number of carbonyl (C=O) groups is 1. The average molecular weight is 437 g/mol. The van der Waals surface area contributed by atoms with E-state index in [0.717, 1.165) is 10.9 Å². The molecule has 1 saturated heterocycles. The largest absolute Gasteiger partial charge is 0.335 e. The fourth-order valence-electron chi connectivity index (χ4n) is 3.87. The number of fused-ring (bicyclic) bond motifs is 1. The number of hydrogen-bond donors (Lipinski definition) is 2. The molecule has 6 nitrogen and oxygen atoms in total. The first-order valence-corrected chi connectivity index (χ1v) is 10.9. The molecule has 2 aromatic carbocycles. The van der Waals surface area contributed by atoms with Crippen molar-refractivity contribution in [2.45, 2.75) is 46.2 Å². The van der Waals surface area contributed by atoms with E-state index in [9.17, 15) is 14.0 Å². The van der Waals surface area contributed by atoms with Gasteiger partial charge in [-0.1, -0.05) is 45.0 Å². The number of amides is 1. The van der Waals surface area contributed by atoms with E-state index in [-0.39, 0.29) is 28.5 Å². The van der Waals surface area contributed by atoms with E-state index >= 15 is 0 Å². The first kappa shape index (κ1) is 22.1. The summed E-state index contributed by atoms with van der Waals surface area (Å²) < 4.78 is 14.5. The second-order valence-corrected chi connectivity index (χ2v) is 9.70. The summed E-state index contributed by atoms with van der Waals surface area (Å²) in [4.78, 5) is 26.6. The third-order valence-corrected chi connectivity index (χ3v) is 6.36. The van der Waals surface area contributed by atoms with Crippen LogP contribution in [0, 0.1) is 11.2 Å². The zero-order chi connectivity index (χ0) is 23.0. The second kappa shape index (κ2) is 8.47. The van der Waals surface area contributed by atoms with E-state index in [1.54, 1.807) is 29.2 Å². The highest BCUT2D eigenvalue weighted by molar-refractivity contribution is 5.95. The van der Waals surface area contributed by atoms with Crippen molar-refractivity contribution in [1.82, 2.24) is 20.4 Å². The molecule has 1 aromatic heterocycles. The minimum atomic E-state index is -0.530. The number of benzene rings is 2. The van der Waals surface area contributed by atoms with Crippen LogP contribution in [0.15, 0.2) is 47.3 Å². The van der Waals surface area contributed by atoms with Crippen LogP contribution in [0.2, 0.25) is 0 Å². The van der Waals surface area contributed by atoms with Gasteiger partial charge >= 0.3 is 0 Å². The predicted molar refractivity (Wildman–Crippen MR) is 123 cm³/mol. The Hall–Kier alpha value is -3.06. The fraction of sp³-hybridized carbons (Fsp3) is 0.400. The van der Waals surface area contributed by atoms with Gasteiger partial charge in [-0.05, 0) is 36.1 Å². The van der Waals surface area contributed by atoms with Crippen LogP contribution in [-0.4, -0.2) is 46.2 Å². The number of nitrogens with one attached hydrogen (secondary N) is 2. The summed E-state index contributed by atoms with van der Waals surface area (Å²) in [6, 6.07) is 12.3. The SMILES string of the molecule is C[C@H](NC1CN(C(=O)c2cc(Cc3n[nH]c(=O)c4ccccc34)ccc2F)C1)C(C)(C)C. The Morgan fingerprint density at radius 1 is 1.22 bits per heavy atom. The number of nitrogens with zero attached hydrogens (tertiary/aromatic N) is 2. The van der Waals surface area contributed by atoms with Crippen LogP contribution < -0.4 is 10.9 Å². The molecule has 1 amide bonds. The molecule has 7 heteroatoms. The van der Waals surface area contributed by atoms with Crippen LogP contribution in [0.25, 0.3) is 10.8 Å². The van der Waals surface area contributed by atoms with Gasteiger partial charge in [0.05, 0.1) is 16.6 Å². The van der Waals surface area contributed by atoms with Crippen molar-refractivity contribution in [2.75, 3.05) is 13.1 Å². The molecule has 168 valence electrons. The normalized spacial score (nSPS) is 15.6. The Bertz CT molecular complexity index is 1210. The molecule has 1 fully saturated rings. The van der Waals surface area contributed by atoms with E-state index in [4.69, 9.17) is 0 Å². The van der Waals surface area contributed by atoms with Crippen molar-refractivity contribution in [1.29, 1.82) is 0 Å². The molecule has 0 radical (unpaired) electrons. The molecule has 1 atom stereocenters. The number of hydrogen-bond acceptors (Lipinski definition) is 4. The Kier molecular flexibility index (Phi) is 5.86. The lowest BCUT2D eigenvalue weighted by atomic mass is 9.87. The Balaban J connectivity index is 1.49. The van der Waals surface area contributed by atoms with Crippen LogP contribution in [0.4, 0.5) is 4.39 Å². The summed E-state index contributed by atoms with van der Waals surface area (Å²) in [6.07, 6.45) is 0.380. The van der Waals surface area contributed by atoms with Gasteiger partial charge in [0.1, 0.15) is 5.82 Å².